The van der Waals surface area contributed by atoms with Crippen molar-refractivity contribution in [3.05, 3.63) is 23.8 Å². The maximum atomic E-state index is 12.2. The first-order chi connectivity index (χ1) is 9.26. The molecule has 1 aromatic rings. The standard InChI is InChI=1S/C15H22N2O2/c1-19-12-5-6-14(17-9-3-2-4-10-17)13(11-12)15(18)7-8-16/h5-6,11H,2-4,7-10,16H2,1H3. The molecule has 1 heterocycles. The van der Waals surface area contributed by atoms with E-state index >= 15 is 0 Å². The van der Waals surface area contributed by atoms with Crippen molar-refractivity contribution in [1.82, 2.24) is 0 Å². The molecule has 0 amide bonds. The van der Waals surface area contributed by atoms with Crippen LogP contribution in [0, 0.1) is 0 Å². The molecule has 19 heavy (non-hydrogen) atoms. The van der Waals surface area contributed by atoms with Gasteiger partial charge in [-0.1, -0.05) is 0 Å². The Balaban J connectivity index is 2.32. The van der Waals surface area contributed by atoms with E-state index in [4.69, 9.17) is 10.5 Å². The highest BCUT2D eigenvalue weighted by molar-refractivity contribution is 6.02. The molecule has 1 saturated heterocycles. The van der Waals surface area contributed by atoms with E-state index < -0.39 is 0 Å². The van der Waals surface area contributed by atoms with Crippen molar-refractivity contribution in [2.45, 2.75) is 25.7 Å². The number of ketones is 1. The number of nitrogens with two attached hydrogens (primary N) is 1. The first-order valence-electron chi connectivity index (χ1n) is 6.92. The van der Waals surface area contributed by atoms with E-state index in [0.29, 0.717) is 13.0 Å². The highest BCUT2D eigenvalue weighted by Gasteiger charge is 2.18. The number of rotatable bonds is 5. The number of piperidine rings is 1. The Morgan fingerprint density at radius 3 is 2.68 bits per heavy atom. The van der Waals surface area contributed by atoms with Gasteiger partial charge in [-0.25, -0.2) is 0 Å². The Bertz CT molecular complexity index is 440. The number of benzene rings is 1. The minimum atomic E-state index is 0.0990. The normalized spacial score (nSPS) is 15.4. The van der Waals surface area contributed by atoms with Crippen LogP contribution in [0.2, 0.25) is 0 Å². The molecule has 0 aromatic heterocycles. The molecule has 0 atom stereocenters. The Hall–Kier alpha value is -1.55. The second kappa shape index (κ2) is 6.57. The highest BCUT2D eigenvalue weighted by Crippen LogP contribution is 2.28. The molecule has 0 radical (unpaired) electrons. The third-order valence-corrected chi connectivity index (χ3v) is 3.57. The maximum absolute atomic E-state index is 12.2. The number of hydrogen-bond donors (Lipinski definition) is 1. The van der Waals surface area contributed by atoms with Crippen LogP contribution in [0.4, 0.5) is 5.69 Å². The van der Waals surface area contributed by atoms with Crippen LogP contribution in [0.25, 0.3) is 0 Å². The van der Waals surface area contributed by atoms with Gasteiger partial charge in [0, 0.05) is 30.8 Å². The van der Waals surface area contributed by atoms with Crippen molar-refractivity contribution in [2.24, 2.45) is 5.73 Å². The molecule has 2 N–H and O–H groups in total. The Morgan fingerprint density at radius 1 is 1.32 bits per heavy atom. The number of hydrogen-bond acceptors (Lipinski definition) is 4. The summed E-state index contributed by atoms with van der Waals surface area (Å²) < 4.78 is 5.22. The predicted octanol–water partition coefficient (Wildman–Crippen LogP) is 2.22. The summed E-state index contributed by atoms with van der Waals surface area (Å²) >= 11 is 0. The van der Waals surface area contributed by atoms with Gasteiger partial charge < -0.3 is 15.4 Å². The van der Waals surface area contributed by atoms with E-state index in [1.807, 2.05) is 18.2 Å². The number of carbonyl (C=O) groups excluding carboxylic acids is 1. The van der Waals surface area contributed by atoms with Crippen molar-refractivity contribution >= 4 is 11.5 Å². The van der Waals surface area contributed by atoms with Crippen molar-refractivity contribution < 1.29 is 9.53 Å². The zero-order valence-corrected chi connectivity index (χ0v) is 11.5. The van der Waals surface area contributed by atoms with Gasteiger partial charge in [0.05, 0.1) is 7.11 Å². The van der Waals surface area contributed by atoms with E-state index in [1.54, 1.807) is 7.11 Å². The molecule has 0 bridgehead atoms. The van der Waals surface area contributed by atoms with Gasteiger partial charge >= 0.3 is 0 Å². The number of nitrogens with zero attached hydrogens (tertiary/aromatic N) is 1. The van der Waals surface area contributed by atoms with E-state index in [1.165, 1.54) is 19.3 Å². The molecule has 1 aromatic carbocycles. The first kappa shape index (κ1) is 13.9. The molecule has 1 aliphatic heterocycles. The molecule has 1 aliphatic rings. The lowest BCUT2D eigenvalue weighted by Gasteiger charge is -2.30. The third-order valence-electron chi connectivity index (χ3n) is 3.57. The summed E-state index contributed by atoms with van der Waals surface area (Å²) in [6.45, 7) is 2.43. The van der Waals surface area contributed by atoms with Gasteiger partial charge in [-0.15, -0.1) is 0 Å². The van der Waals surface area contributed by atoms with Crippen molar-refractivity contribution in [3.63, 3.8) is 0 Å². The molecule has 1 fully saturated rings. The van der Waals surface area contributed by atoms with Crippen molar-refractivity contribution in [2.75, 3.05) is 31.6 Å². The Labute approximate surface area is 114 Å². The van der Waals surface area contributed by atoms with Crippen LogP contribution in [0.5, 0.6) is 5.75 Å². The Morgan fingerprint density at radius 2 is 2.05 bits per heavy atom. The fourth-order valence-corrected chi connectivity index (χ4v) is 2.54. The van der Waals surface area contributed by atoms with Crippen LogP contribution < -0.4 is 15.4 Å². The minimum Gasteiger partial charge on any atom is -0.497 e. The van der Waals surface area contributed by atoms with Gasteiger partial charge in [-0.3, -0.25) is 4.79 Å². The smallest absolute Gasteiger partial charge is 0.166 e. The highest BCUT2D eigenvalue weighted by atomic mass is 16.5. The van der Waals surface area contributed by atoms with Crippen LogP contribution >= 0.6 is 0 Å². The fraction of sp³-hybridized carbons (Fsp3) is 0.533. The van der Waals surface area contributed by atoms with Crippen molar-refractivity contribution in [3.8, 4) is 5.75 Å². The Kier molecular flexibility index (Phi) is 4.80. The zero-order valence-electron chi connectivity index (χ0n) is 11.5. The number of Topliss-reactive ketones (excluding diaryl/α,β-unsaturated/α-hetero) is 1. The quantitative estimate of drug-likeness (QED) is 0.827. The van der Waals surface area contributed by atoms with E-state index in [9.17, 15) is 4.79 Å². The van der Waals surface area contributed by atoms with Gasteiger partial charge in [-0.2, -0.15) is 0 Å². The third kappa shape index (κ3) is 3.26. The average Bonchev–Trinajstić information content (AvgIpc) is 2.47. The predicted molar refractivity (Wildman–Crippen MR) is 77.1 cm³/mol. The van der Waals surface area contributed by atoms with E-state index in [2.05, 4.69) is 4.90 Å². The number of methoxy groups -OCH3 is 1. The van der Waals surface area contributed by atoms with Crippen LogP contribution in [0.15, 0.2) is 18.2 Å². The molecule has 0 aliphatic carbocycles. The molecule has 2 rings (SSSR count). The van der Waals surface area contributed by atoms with Gasteiger partial charge in [0.2, 0.25) is 0 Å². The van der Waals surface area contributed by atoms with Gasteiger partial charge in [-0.05, 0) is 44.0 Å². The second-order valence-corrected chi connectivity index (χ2v) is 4.89. The number of anilines is 1. The summed E-state index contributed by atoms with van der Waals surface area (Å²) in [7, 11) is 1.62. The lowest BCUT2D eigenvalue weighted by molar-refractivity contribution is 0.0985. The van der Waals surface area contributed by atoms with Gasteiger partial charge in [0.25, 0.3) is 0 Å². The molecule has 4 heteroatoms. The fourth-order valence-electron chi connectivity index (χ4n) is 2.54. The lowest BCUT2D eigenvalue weighted by atomic mass is 10.0. The minimum absolute atomic E-state index is 0.0990. The average molecular weight is 262 g/mol. The topological polar surface area (TPSA) is 55.6 Å². The van der Waals surface area contributed by atoms with E-state index in [-0.39, 0.29) is 5.78 Å². The molecular formula is C15H22N2O2. The molecule has 4 nitrogen and oxygen atoms in total. The van der Waals surface area contributed by atoms with Gasteiger partial charge in [0.1, 0.15) is 5.75 Å². The van der Waals surface area contributed by atoms with Crippen LogP contribution in [0.3, 0.4) is 0 Å². The molecule has 0 unspecified atom stereocenters. The SMILES string of the molecule is COc1ccc(N2CCCCC2)c(C(=O)CCN)c1. The molecule has 104 valence electrons. The molecular weight excluding hydrogens is 240 g/mol. The first-order valence-corrected chi connectivity index (χ1v) is 6.92. The summed E-state index contributed by atoms with van der Waals surface area (Å²) in [4.78, 5) is 14.5. The summed E-state index contributed by atoms with van der Waals surface area (Å²) in [5, 5.41) is 0. The van der Waals surface area contributed by atoms with Crippen LogP contribution in [0.1, 0.15) is 36.0 Å². The summed E-state index contributed by atoms with van der Waals surface area (Å²) in [6.07, 6.45) is 4.04. The van der Waals surface area contributed by atoms with Gasteiger partial charge in [0.15, 0.2) is 5.78 Å². The van der Waals surface area contributed by atoms with Crippen molar-refractivity contribution in [1.29, 1.82) is 0 Å². The van der Waals surface area contributed by atoms with Crippen LogP contribution in [-0.2, 0) is 0 Å². The molecule has 0 spiro atoms. The number of ether oxygens (including phenoxy) is 1. The van der Waals surface area contributed by atoms with E-state index in [0.717, 1.165) is 30.1 Å². The maximum Gasteiger partial charge on any atom is 0.166 e. The zero-order chi connectivity index (χ0) is 13.7. The number of carbonyl (C=O) groups is 1. The molecule has 0 saturated carbocycles. The summed E-state index contributed by atoms with van der Waals surface area (Å²) in [6, 6.07) is 5.75. The monoisotopic (exact) mass is 262 g/mol. The summed E-state index contributed by atoms with van der Waals surface area (Å²) in [5.74, 6) is 0.822. The summed E-state index contributed by atoms with van der Waals surface area (Å²) in [5.41, 5.74) is 7.27. The van der Waals surface area contributed by atoms with Crippen LogP contribution in [-0.4, -0.2) is 32.5 Å². The second-order valence-electron chi connectivity index (χ2n) is 4.89. The largest absolute Gasteiger partial charge is 0.497 e. The lowest BCUT2D eigenvalue weighted by Crippen LogP contribution is -2.30.